The highest BCUT2D eigenvalue weighted by molar-refractivity contribution is 6.30. The molecule has 1 N–H and O–H groups in total. The topological polar surface area (TPSA) is 53.9 Å². The summed E-state index contributed by atoms with van der Waals surface area (Å²) in [6, 6.07) is 13.2. The molecule has 0 saturated heterocycles. The van der Waals surface area contributed by atoms with E-state index in [1.165, 1.54) is 11.3 Å². The van der Waals surface area contributed by atoms with E-state index in [-0.39, 0.29) is 18.1 Å². The zero-order chi connectivity index (χ0) is 20.3. The highest BCUT2D eigenvalue weighted by atomic mass is 35.5. The van der Waals surface area contributed by atoms with Crippen molar-refractivity contribution >= 4 is 29.4 Å². The first kappa shape index (κ1) is 20.2. The van der Waals surface area contributed by atoms with Gasteiger partial charge in [0.05, 0.1) is 6.21 Å². The van der Waals surface area contributed by atoms with Crippen molar-refractivity contribution in [3.63, 3.8) is 0 Å². The van der Waals surface area contributed by atoms with Gasteiger partial charge in [0.2, 0.25) is 0 Å². The molecule has 0 fully saturated rings. The number of hydrogen-bond donors (Lipinski definition) is 1. The summed E-state index contributed by atoms with van der Waals surface area (Å²) in [5, 5.41) is 4.61. The molecule has 1 amide bonds. The first-order valence-corrected chi connectivity index (χ1v) is 9.72. The van der Waals surface area contributed by atoms with E-state index in [9.17, 15) is 4.79 Å². The molecular weight excluding hydrogens is 374 g/mol. The highest BCUT2D eigenvalue weighted by Crippen LogP contribution is 2.42. The van der Waals surface area contributed by atoms with Crippen LogP contribution < -0.4 is 15.1 Å². The third kappa shape index (κ3) is 4.65. The third-order valence-electron chi connectivity index (χ3n) is 5.23. The van der Waals surface area contributed by atoms with Crippen LogP contribution in [0.3, 0.4) is 0 Å². The predicted molar refractivity (Wildman–Crippen MR) is 115 cm³/mol. The molecule has 1 aliphatic rings. The Kier molecular flexibility index (Phi) is 5.94. The maximum atomic E-state index is 11.9. The van der Waals surface area contributed by atoms with Crippen LogP contribution in [0.5, 0.6) is 5.75 Å². The quantitative estimate of drug-likeness (QED) is 0.590. The van der Waals surface area contributed by atoms with Gasteiger partial charge in [-0.2, -0.15) is 5.10 Å². The Morgan fingerprint density at radius 2 is 2.14 bits per heavy atom. The van der Waals surface area contributed by atoms with Crippen LogP contribution in [0.2, 0.25) is 5.02 Å². The van der Waals surface area contributed by atoms with E-state index < -0.39 is 0 Å². The number of benzene rings is 2. The van der Waals surface area contributed by atoms with Crippen LogP contribution in [0.15, 0.2) is 47.6 Å². The van der Waals surface area contributed by atoms with E-state index in [4.69, 9.17) is 16.3 Å². The van der Waals surface area contributed by atoms with Crippen molar-refractivity contribution in [1.29, 1.82) is 0 Å². The van der Waals surface area contributed by atoms with Gasteiger partial charge >= 0.3 is 0 Å². The Morgan fingerprint density at radius 1 is 1.36 bits per heavy atom. The Hall–Kier alpha value is -2.53. The van der Waals surface area contributed by atoms with E-state index in [0.717, 1.165) is 12.0 Å². The molecule has 6 heteroatoms. The van der Waals surface area contributed by atoms with E-state index in [0.29, 0.717) is 16.7 Å². The fourth-order valence-corrected chi connectivity index (χ4v) is 3.77. The largest absolute Gasteiger partial charge is 0.484 e. The molecule has 0 bridgehead atoms. The number of carbonyl (C=O) groups excluding carboxylic acids is 1. The first-order valence-electron chi connectivity index (χ1n) is 9.34. The van der Waals surface area contributed by atoms with Crippen molar-refractivity contribution in [3.05, 3.63) is 58.6 Å². The van der Waals surface area contributed by atoms with E-state index in [2.05, 4.69) is 55.4 Å². The fraction of sp³-hybridized carbons (Fsp3) is 0.364. The molecule has 3 rings (SSSR count). The van der Waals surface area contributed by atoms with E-state index >= 15 is 0 Å². The maximum absolute atomic E-state index is 11.9. The number of halogens is 1. The maximum Gasteiger partial charge on any atom is 0.277 e. The molecule has 28 heavy (non-hydrogen) atoms. The van der Waals surface area contributed by atoms with Gasteiger partial charge in [-0.1, -0.05) is 30.7 Å². The van der Waals surface area contributed by atoms with Gasteiger partial charge in [-0.15, -0.1) is 0 Å². The van der Waals surface area contributed by atoms with Gasteiger partial charge < -0.3 is 9.64 Å². The lowest BCUT2D eigenvalue weighted by Gasteiger charge is -2.45. The molecule has 2 aromatic carbocycles. The number of rotatable bonds is 5. The average molecular weight is 400 g/mol. The number of ether oxygens (including phenoxy) is 1. The summed E-state index contributed by atoms with van der Waals surface area (Å²) in [5.74, 6) is 0.682. The standard InChI is InChI=1S/C22H26ClN3O2/c1-15-12-22(2,3)26(4)20-9-8-16(10-19(15)20)13-24-25-21(27)14-28-18-7-5-6-17(23)11-18/h5-11,13,15H,12,14H2,1-4H3,(H,25,27)/b24-13+/t15-/m1/s1. The molecule has 0 radical (unpaired) electrons. The minimum absolute atomic E-state index is 0.126. The normalized spacial score (nSPS) is 18.0. The number of hydrazone groups is 1. The van der Waals surface area contributed by atoms with Crippen molar-refractivity contribution in [2.45, 2.75) is 38.6 Å². The number of anilines is 1. The summed E-state index contributed by atoms with van der Waals surface area (Å²) in [4.78, 5) is 14.2. The molecule has 0 unspecified atom stereocenters. The van der Waals surface area contributed by atoms with Gasteiger partial charge in [0.15, 0.2) is 6.61 Å². The number of hydrogen-bond acceptors (Lipinski definition) is 4. The number of nitrogens with one attached hydrogen (secondary N) is 1. The highest BCUT2D eigenvalue weighted by Gasteiger charge is 2.33. The second kappa shape index (κ2) is 8.23. The van der Waals surface area contributed by atoms with Gasteiger partial charge in [0.1, 0.15) is 5.75 Å². The lowest BCUT2D eigenvalue weighted by molar-refractivity contribution is -0.123. The summed E-state index contributed by atoms with van der Waals surface area (Å²) in [6.07, 6.45) is 2.75. The lowest BCUT2D eigenvalue weighted by atomic mass is 9.80. The molecule has 0 spiro atoms. The van der Waals surface area contributed by atoms with Crippen LogP contribution in [0.1, 0.15) is 44.2 Å². The van der Waals surface area contributed by atoms with E-state index in [1.54, 1.807) is 30.5 Å². The summed E-state index contributed by atoms with van der Waals surface area (Å²) < 4.78 is 5.40. The van der Waals surface area contributed by atoms with Crippen molar-refractivity contribution in [2.75, 3.05) is 18.6 Å². The fourth-order valence-electron chi connectivity index (χ4n) is 3.59. The molecule has 2 aromatic rings. The molecule has 1 heterocycles. The van der Waals surface area contributed by atoms with Gasteiger partial charge in [-0.3, -0.25) is 4.79 Å². The molecule has 0 saturated carbocycles. The van der Waals surface area contributed by atoms with Gasteiger partial charge in [0, 0.05) is 23.3 Å². The van der Waals surface area contributed by atoms with Crippen LogP contribution in [-0.2, 0) is 4.79 Å². The zero-order valence-corrected chi connectivity index (χ0v) is 17.5. The summed E-state index contributed by atoms with van der Waals surface area (Å²) >= 11 is 5.89. The zero-order valence-electron chi connectivity index (χ0n) is 16.7. The van der Waals surface area contributed by atoms with Crippen LogP contribution in [0.25, 0.3) is 0 Å². The second-order valence-electron chi connectivity index (χ2n) is 7.83. The van der Waals surface area contributed by atoms with Crippen molar-refractivity contribution < 1.29 is 9.53 Å². The van der Waals surface area contributed by atoms with Crippen molar-refractivity contribution in [2.24, 2.45) is 5.10 Å². The number of fused-ring (bicyclic) bond motifs is 1. The van der Waals surface area contributed by atoms with Gasteiger partial charge in [-0.25, -0.2) is 5.43 Å². The number of nitrogens with zero attached hydrogens (tertiary/aromatic N) is 2. The van der Waals surface area contributed by atoms with Crippen molar-refractivity contribution in [3.8, 4) is 5.75 Å². The molecule has 0 aromatic heterocycles. The van der Waals surface area contributed by atoms with E-state index in [1.807, 2.05) is 6.07 Å². The summed E-state index contributed by atoms with van der Waals surface area (Å²) in [6.45, 7) is 6.66. The van der Waals surface area contributed by atoms with Crippen molar-refractivity contribution in [1.82, 2.24) is 5.43 Å². The smallest absolute Gasteiger partial charge is 0.277 e. The number of carbonyl (C=O) groups is 1. The first-order chi connectivity index (χ1) is 13.3. The molecular formula is C22H26ClN3O2. The molecule has 0 aliphatic carbocycles. The Labute approximate surface area is 171 Å². The van der Waals surface area contributed by atoms with Gasteiger partial charge in [-0.05, 0) is 67.6 Å². The van der Waals surface area contributed by atoms with Gasteiger partial charge in [0.25, 0.3) is 5.91 Å². The van der Waals surface area contributed by atoms with Crippen LogP contribution >= 0.6 is 11.6 Å². The predicted octanol–water partition coefficient (Wildman–Crippen LogP) is 4.59. The summed E-state index contributed by atoms with van der Waals surface area (Å²) in [7, 11) is 2.14. The number of amides is 1. The average Bonchev–Trinajstić information content (AvgIpc) is 2.64. The van der Waals surface area contributed by atoms with Crippen LogP contribution in [-0.4, -0.2) is 31.3 Å². The third-order valence-corrected chi connectivity index (χ3v) is 5.46. The molecule has 1 aliphatic heterocycles. The molecule has 148 valence electrons. The second-order valence-corrected chi connectivity index (χ2v) is 8.27. The SMILES string of the molecule is C[C@@H]1CC(C)(C)N(C)c2ccc(/C=N/NC(=O)COc3cccc(Cl)c3)cc21. The Balaban J connectivity index is 1.59. The van der Waals surface area contributed by atoms with Crippen LogP contribution in [0, 0.1) is 0 Å². The minimum Gasteiger partial charge on any atom is -0.484 e. The lowest BCUT2D eigenvalue weighted by Crippen LogP contribution is -2.45. The molecule has 1 atom stereocenters. The molecule has 5 nitrogen and oxygen atoms in total. The minimum atomic E-state index is -0.330. The monoisotopic (exact) mass is 399 g/mol. The van der Waals surface area contributed by atoms with Crippen LogP contribution in [0.4, 0.5) is 5.69 Å². The Bertz CT molecular complexity index is 895. The Morgan fingerprint density at radius 3 is 2.89 bits per heavy atom. The summed E-state index contributed by atoms with van der Waals surface area (Å²) in [5.41, 5.74) is 6.14.